The van der Waals surface area contributed by atoms with Crippen molar-refractivity contribution in [2.75, 3.05) is 0 Å². The van der Waals surface area contributed by atoms with Crippen LogP contribution in [0.1, 0.15) is 0 Å². The van der Waals surface area contributed by atoms with Crippen molar-refractivity contribution in [2.24, 2.45) is 10.9 Å². The van der Waals surface area contributed by atoms with Gasteiger partial charge in [0.25, 0.3) is 0 Å². The molecule has 0 aromatic carbocycles. The second-order valence-electron chi connectivity index (χ2n) is 0.766. The van der Waals surface area contributed by atoms with E-state index >= 15 is 0 Å². The smallest absolute Gasteiger partial charge is 0.0999 e. The summed E-state index contributed by atoms with van der Waals surface area (Å²) in [6, 6.07) is 0. The summed E-state index contributed by atoms with van der Waals surface area (Å²) in [6.07, 6.45) is 0. The standard InChI is InChI=1S/CH4N4S/c2-5-4-3-1-6-5/h1,4H,2H2. The maximum absolute atomic E-state index is 5.09. The number of nitrogens with zero attached hydrogens (tertiary/aromatic N) is 2. The molecule has 1 rings (SSSR count). The molecule has 0 saturated heterocycles. The van der Waals surface area contributed by atoms with Crippen LogP contribution in [0.25, 0.3) is 0 Å². The molecule has 1 heterocycles. The lowest BCUT2D eigenvalue weighted by atomic mass is 11.7. The summed E-state index contributed by atoms with van der Waals surface area (Å²) in [5.74, 6) is 5.09. The van der Waals surface area contributed by atoms with Crippen LogP contribution in [0, 0.1) is 0 Å². The molecule has 0 spiro atoms. The highest BCUT2D eigenvalue weighted by Crippen LogP contribution is 1.98. The van der Waals surface area contributed by atoms with Crippen LogP contribution in [0.5, 0.6) is 0 Å². The highest BCUT2D eigenvalue weighted by atomic mass is 32.2. The summed E-state index contributed by atoms with van der Waals surface area (Å²) < 4.78 is 1.31. The van der Waals surface area contributed by atoms with Crippen molar-refractivity contribution in [3.05, 3.63) is 0 Å². The van der Waals surface area contributed by atoms with Crippen molar-refractivity contribution in [3.63, 3.8) is 0 Å². The molecule has 6 heavy (non-hydrogen) atoms. The van der Waals surface area contributed by atoms with Gasteiger partial charge in [0, 0.05) is 11.9 Å². The normalized spacial score (nSPS) is 21.5. The van der Waals surface area contributed by atoms with E-state index in [2.05, 4.69) is 10.6 Å². The number of hydrazine groups is 2. The first-order valence-corrected chi connectivity index (χ1v) is 2.22. The lowest BCUT2D eigenvalue weighted by Crippen LogP contribution is -2.29. The van der Waals surface area contributed by atoms with Crippen molar-refractivity contribution in [1.82, 2.24) is 10.1 Å². The van der Waals surface area contributed by atoms with Gasteiger partial charge in [0.05, 0.1) is 5.55 Å². The minimum Gasteiger partial charge on any atom is -0.239 e. The minimum absolute atomic E-state index is 1.31. The molecule has 0 unspecified atom stereocenters. The van der Waals surface area contributed by atoms with Gasteiger partial charge >= 0.3 is 0 Å². The van der Waals surface area contributed by atoms with Gasteiger partial charge < -0.3 is 0 Å². The summed E-state index contributed by atoms with van der Waals surface area (Å²) in [6.45, 7) is 0. The molecule has 5 heteroatoms. The Bertz CT molecular complexity index is 61.9. The molecule has 1 aliphatic rings. The van der Waals surface area contributed by atoms with Crippen molar-refractivity contribution < 1.29 is 0 Å². The predicted octanol–water partition coefficient (Wildman–Crippen LogP) is -0.728. The van der Waals surface area contributed by atoms with Crippen LogP contribution in [0.3, 0.4) is 0 Å². The Morgan fingerprint density at radius 3 is 3.00 bits per heavy atom. The monoisotopic (exact) mass is 104 g/mol. The van der Waals surface area contributed by atoms with E-state index in [0.717, 1.165) is 0 Å². The fourth-order valence-corrected chi connectivity index (χ4v) is 0.469. The summed E-state index contributed by atoms with van der Waals surface area (Å²) in [4.78, 5) is 0. The Hall–Kier alpha value is -0.260. The average Bonchev–Trinajstić information content (AvgIpc) is 1.86. The Labute approximate surface area is 39.4 Å². The lowest BCUT2D eigenvalue weighted by molar-refractivity contribution is 0.390. The van der Waals surface area contributed by atoms with Crippen molar-refractivity contribution in [1.29, 1.82) is 0 Å². The molecule has 0 saturated carbocycles. The molecule has 34 valence electrons. The molecule has 0 aromatic rings. The third-order valence-electron chi connectivity index (χ3n) is 0.370. The maximum Gasteiger partial charge on any atom is 0.0999 e. The predicted molar refractivity (Wildman–Crippen MR) is 25.2 cm³/mol. The van der Waals surface area contributed by atoms with Crippen molar-refractivity contribution in [3.8, 4) is 0 Å². The summed E-state index contributed by atoms with van der Waals surface area (Å²) in [5, 5.41) is 3.55. The van der Waals surface area contributed by atoms with Crippen LogP contribution in [0.2, 0.25) is 0 Å². The number of hydrogen-bond acceptors (Lipinski definition) is 5. The van der Waals surface area contributed by atoms with Gasteiger partial charge in [-0.2, -0.15) is 5.10 Å². The Morgan fingerprint density at radius 1 is 2.00 bits per heavy atom. The first-order valence-electron chi connectivity index (χ1n) is 1.38. The van der Waals surface area contributed by atoms with Crippen LogP contribution >= 0.6 is 11.9 Å². The Morgan fingerprint density at radius 2 is 2.83 bits per heavy atom. The topological polar surface area (TPSA) is 53.6 Å². The highest BCUT2D eigenvalue weighted by molar-refractivity contribution is 8.10. The van der Waals surface area contributed by atoms with E-state index in [1.165, 1.54) is 16.5 Å². The average molecular weight is 104 g/mol. The fraction of sp³-hybridized carbons (Fsp3) is 0. The van der Waals surface area contributed by atoms with E-state index in [-0.39, 0.29) is 0 Å². The van der Waals surface area contributed by atoms with E-state index < -0.39 is 0 Å². The third-order valence-corrected chi connectivity index (χ3v) is 0.878. The molecule has 3 N–H and O–H groups in total. The second kappa shape index (κ2) is 1.46. The zero-order valence-corrected chi connectivity index (χ0v) is 3.77. The van der Waals surface area contributed by atoms with Gasteiger partial charge in [-0.3, -0.25) is 0 Å². The fourth-order valence-electron chi connectivity index (χ4n) is 0.178. The molecule has 0 bridgehead atoms. The Balaban J connectivity index is 2.32. The molecule has 0 aromatic heterocycles. The zero-order valence-electron chi connectivity index (χ0n) is 2.96. The van der Waals surface area contributed by atoms with Crippen molar-refractivity contribution in [2.45, 2.75) is 0 Å². The first-order chi connectivity index (χ1) is 2.89. The van der Waals surface area contributed by atoms with Gasteiger partial charge in [0.1, 0.15) is 0 Å². The number of hydrogen-bond donors (Lipinski definition) is 2. The summed E-state index contributed by atoms with van der Waals surface area (Å²) in [5.41, 5.74) is 4.07. The zero-order chi connectivity index (χ0) is 4.41. The minimum atomic E-state index is 1.31. The van der Waals surface area contributed by atoms with Crippen LogP contribution < -0.4 is 11.4 Å². The Kier molecular flexibility index (Phi) is 0.952. The van der Waals surface area contributed by atoms with Gasteiger partial charge in [0.15, 0.2) is 0 Å². The van der Waals surface area contributed by atoms with E-state index in [1.54, 1.807) is 5.55 Å². The molecule has 0 atom stereocenters. The largest absolute Gasteiger partial charge is 0.239 e. The maximum atomic E-state index is 5.09. The number of nitrogens with two attached hydrogens (primary N) is 1. The number of hydrazone groups is 1. The van der Waals surface area contributed by atoms with Gasteiger partial charge in [-0.05, 0) is 0 Å². The molecule has 0 radical (unpaired) electrons. The molecule has 0 aliphatic carbocycles. The van der Waals surface area contributed by atoms with Crippen LogP contribution in [0.15, 0.2) is 5.10 Å². The van der Waals surface area contributed by atoms with E-state index in [4.69, 9.17) is 5.84 Å². The van der Waals surface area contributed by atoms with Crippen LogP contribution in [-0.2, 0) is 0 Å². The summed E-state index contributed by atoms with van der Waals surface area (Å²) >= 11 is 1.31. The molecule has 1 aliphatic heterocycles. The second-order valence-corrected chi connectivity index (χ2v) is 1.58. The van der Waals surface area contributed by atoms with Gasteiger partial charge in [-0.25, -0.2) is 11.4 Å². The highest BCUT2D eigenvalue weighted by Gasteiger charge is 1.96. The van der Waals surface area contributed by atoms with E-state index in [1.807, 2.05) is 0 Å². The molecule has 0 amide bonds. The molecule has 4 nitrogen and oxygen atoms in total. The van der Waals surface area contributed by atoms with E-state index in [0.29, 0.717) is 0 Å². The van der Waals surface area contributed by atoms with Gasteiger partial charge in [0.2, 0.25) is 0 Å². The SMILES string of the molecule is NN1NN=CS1. The quantitative estimate of drug-likeness (QED) is 0.314. The summed E-state index contributed by atoms with van der Waals surface area (Å²) in [7, 11) is 0. The molecular weight excluding hydrogens is 100 g/mol. The van der Waals surface area contributed by atoms with Gasteiger partial charge in [-0.1, -0.05) is 4.52 Å². The van der Waals surface area contributed by atoms with Gasteiger partial charge in [-0.15, -0.1) is 0 Å². The number of nitrogens with one attached hydrogen (secondary N) is 1. The molecular formula is CH4N4S. The number of rotatable bonds is 0. The van der Waals surface area contributed by atoms with Crippen molar-refractivity contribution >= 4 is 17.5 Å². The first kappa shape index (κ1) is 3.91. The van der Waals surface area contributed by atoms with E-state index in [9.17, 15) is 0 Å². The van der Waals surface area contributed by atoms with Crippen LogP contribution in [0.4, 0.5) is 0 Å². The molecule has 0 fully saturated rings. The van der Waals surface area contributed by atoms with Crippen LogP contribution in [-0.4, -0.2) is 10.1 Å². The lowest BCUT2D eigenvalue weighted by Gasteiger charge is -1.99. The third kappa shape index (κ3) is 0.618.